The summed E-state index contributed by atoms with van der Waals surface area (Å²) in [7, 11) is 0. The van der Waals surface area contributed by atoms with Gasteiger partial charge in [-0.05, 0) is 61.5 Å². The molecule has 11 nitrogen and oxygen atoms in total. The lowest BCUT2D eigenvalue weighted by Gasteiger charge is -2.25. The standard InChI is InChI=1S/C33H42N4O7S2/c1-13-17(5-7-25(38)39)21(34-19(13)9-20-15(3)28(24-12-46-24)33(44)36-20)10-22-18(6-8-26(40)41)14(2)29(35-22)31(42)30-27(23-11-45-23)16(4)32(43)37-30/h10,15-16,19-20,23,27,30-31,34-35,42H,5-9,11-12H2,1-4H3,(H,36,44)(H,37,43)(H,38,39)(H,40,41)/b21-10+,28-24+/t15?,16-,19?,20-,23+,27+,30?,31+/m1/s1. The SMILES string of the molecule is CC1=C(CCC(=O)O)/C(=C\c2[nH]c([C@H](O)C3NC(=O)[C@H](C)[C@H]3[C@@H]3CS3)c(C)c2CCC(=O)O)NC1C[C@H]1NC(=O)/C(=C2\CS2)C1C. The lowest BCUT2D eigenvalue weighted by Crippen LogP contribution is -2.37. The number of aliphatic hydroxyl groups is 1. The number of hydrogen-bond acceptors (Lipinski definition) is 8. The molecule has 6 rings (SSSR count). The second-order valence-corrected chi connectivity index (χ2v) is 15.5. The van der Waals surface area contributed by atoms with E-state index in [1.807, 2.05) is 26.8 Å². The third-order valence-electron chi connectivity index (χ3n) is 10.4. The van der Waals surface area contributed by atoms with Crippen molar-refractivity contribution in [2.75, 3.05) is 11.5 Å². The highest BCUT2D eigenvalue weighted by atomic mass is 32.2. The Kier molecular flexibility index (Phi) is 9.12. The van der Waals surface area contributed by atoms with Gasteiger partial charge < -0.3 is 36.3 Å². The Labute approximate surface area is 276 Å². The van der Waals surface area contributed by atoms with E-state index in [0.717, 1.165) is 50.0 Å². The normalized spacial score (nSPS) is 33.3. The topological polar surface area (TPSA) is 181 Å². The summed E-state index contributed by atoms with van der Waals surface area (Å²) in [6, 6.07) is -0.659. The predicted molar refractivity (Wildman–Crippen MR) is 177 cm³/mol. The number of aliphatic hydroxyl groups excluding tert-OH is 1. The average Bonchev–Trinajstić information content (AvgIpc) is 3.91. The molecule has 5 aliphatic heterocycles. The number of aliphatic carboxylic acids is 2. The number of nitrogens with one attached hydrogen (secondary N) is 4. The minimum atomic E-state index is -1.01. The summed E-state index contributed by atoms with van der Waals surface area (Å²) in [5, 5.41) is 40.8. The van der Waals surface area contributed by atoms with Crippen molar-refractivity contribution in [3.8, 4) is 0 Å². The van der Waals surface area contributed by atoms with E-state index in [-0.39, 0.29) is 60.9 Å². The number of carboxylic acids is 2. The number of rotatable bonds is 12. The molecule has 6 heterocycles. The summed E-state index contributed by atoms with van der Waals surface area (Å²) in [4.78, 5) is 53.2. The van der Waals surface area contributed by atoms with E-state index < -0.39 is 24.1 Å². The van der Waals surface area contributed by atoms with Crippen molar-refractivity contribution >= 4 is 53.4 Å². The molecule has 0 bridgehead atoms. The number of thioether (sulfide) groups is 2. The zero-order valence-corrected chi connectivity index (χ0v) is 28.1. The lowest BCUT2D eigenvalue weighted by molar-refractivity contribution is -0.138. The van der Waals surface area contributed by atoms with Crippen LogP contribution in [0.1, 0.15) is 75.1 Å². The van der Waals surface area contributed by atoms with Gasteiger partial charge in [-0.3, -0.25) is 19.2 Å². The van der Waals surface area contributed by atoms with Gasteiger partial charge in [0.25, 0.3) is 0 Å². The molecule has 0 aliphatic carbocycles. The van der Waals surface area contributed by atoms with Crippen LogP contribution in [-0.2, 0) is 25.6 Å². The molecule has 4 saturated heterocycles. The maximum absolute atomic E-state index is 12.7. The van der Waals surface area contributed by atoms with E-state index in [2.05, 4.69) is 27.9 Å². The monoisotopic (exact) mass is 670 g/mol. The van der Waals surface area contributed by atoms with E-state index in [9.17, 15) is 34.5 Å². The third kappa shape index (κ3) is 6.37. The first-order valence-electron chi connectivity index (χ1n) is 16.0. The summed E-state index contributed by atoms with van der Waals surface area (Å²) >= 11 is 3.49. The van der Waals surface area contributed by atoms with Crippen LogP contribution in [0.3, 0.4) is 0 Å². The number of carbonyl (C=O) groups is 4. The summed E-state index contributed by atoms with van der Waals surface area (Å²) < 4.78 is 0. The number of aromatic amines is 1. The number of hydrogen-bond donors (Lipinski definition) is 7. The van der Waals surface area contributed by atoms with Gasteiger partial charge >= 0.3 is 11.9 Å². The molecule has 8 atom stereocenters. The Morgan fingerprint density at radius 1 is 1.02 bits per heavy atom. The van der Waals surface area contributed by atoms with Crippen LogP contribution in [0.2, 0.25) is 0 Å². The summed E-state index contributed by atoms with van der Waals surface area (Å²) in [5.41, 5.74) is 6.21. The zero-order valence-electron chi connectivity index (χ0n) is 26.4. The number of amides is 2. The highest BCUT2D eigenvalue weighted by Crippen LogP contribution is 2.47. The molecule has 3 unspecified atom stereocenters. The van der Waals surface area contributed by atoms with Gasteiger partial charge in [-0.25, -0.2) is 0 Å². The molecular formula is C33H42N4O7S2. The highest BCUT2D eigenvalue weighted by Gasteiger charge is 2.51. The first-order chi connectivity index (χ1) is 21.8. The number of H-pyrrole nitrogens is 1. The smallest absolute Gasteiger partial charge is 0.303 e. The van der Waals surface area contributed by atoms with Crippen molar-refractivity contribution < 1.29 is 34.5 Å². The summed E-state index contributed by atoms with van der Waals surface area (Å²) in [6.45, 7) is 7.83. The van der Waals surface area contributed by atoms with E-state index in [0.29, 0.717) is 29.5 Å². The maximum atomic E-state index is 12.7. The Morgan fingerprint density at radius 3 is 2.33 bits per heavy atom. The van der Waals surface area contributed by atoms with Crippen molar-refractivity contribution in [1.29, 1.82) is 0 Å². The van der Waals surface area contributed by atoms with E-state index >= 15 is 0 Å². The van der Waals surface area contributed by atoms with Crippen LogP contribution in [0.25, 0.3) is 6.08 Å². The van der Waals surface area contributed by atoms with Crippen LogP contribution >= 0.6 is 23.5 Å². The van der Waals surface area contributed by atoms with Gasteiger partial charge in [-0.15, -0.1) is 11.8 Å². The quantitative estimate of drug-likeness (QED) is 0.129. The second-order valence-electron chi connectivity index (χ2n) is 13.2. The van der Waals surface area contributed by atoms with Crippen LogP contribution in [0, 0.1) is 24.7 Å². The van der Waals surface area contributed by atoms with Gasteiger partial charge in [0.1, 0.15) is 6.10 Å². The zero-order chi connectivity index (χ0) is 33.0. The molecular weight excluding hydrogens is 629 g/mol. The molecule has 0 saturated carbocycles. The van der Waals surface area contributed by atoms with E-state index in [4.69, 9.17) is 0 Å². The third-order valence-corrected chi connectivity index (χ3v) is 12.2. The van der Waals surface area contributed by atoms with Crippen LogP contribution in [0.5, 0.6) is 0 Å². The maximum Gasteiger partial charge on any atom is 0.303 e. The Balaban J connectivity index is 1.32. The van der Waals surface area contributed by atoms with Crippen LogP contribution < -0.4 is 16.0 Å². The van der Waals surface area contributed by atoms with Gasteiger partial charge in [0.05, 0.1) is 6.04 Å². The lowest BCUT2D eigenvalue weighted by atomic mass is 9.85. The second kappa shape index (κ2) is 12.8. The average molecular weight is 671 g/mol. The molecule has 0 aromatic carbocycles. The van der Waals surface area contributed by atoms with Crippen LogP contribution in [0.15, 0.2) is 27.3 Å². The molecule has 2 amide bonds. The van der Waals surface area contributed by atoms with Crippen molar-refractivity contribution in [3.63, 3.8) is 0 Å². The number of allylic oxidation sites excluding steroid dienone is 1. The fourth-order valence-corrected chi connectivity index (χ4v) is 9.20. The molecule has 13 heteroatoms. The molecule has 7 N–H and O–H groups in total. The molecule has 4 fully saturated rings. The molecule has 1 aromatic rings. The van der Waals surface area contributed by atoms with Crippen molar-refractivity contribution in [1.82, 2.24) is 20.9 Å². The van der Waals surface area contributed by atoms with Gasteiger partial charge in [-0.2, -0.15) is 11.8 Å². The van der Waals surface area contributed by atoms with Crippen molar-refractivity contribution in [2.45, 2.75) is 89.3 Å². The van der Waals surface area contributed by atoms with Crippen LogP contribution in [-0.4, -0.2) is 78.9 Å². The van der Waals surface area contributed by atoms with Gasteiger partial charge in [0.15, 0.2) is 0 Å². The van der Waals surface area contributed by atoms with Crippen molar-refractivity contribution in [3.05, 3.63) is 49.8 Å². The summed E-state index contributed by atoms with van der Waals surface area (Å²) in [6.07, 6.45) is 1.91. The van der Waals surface area contributed by atoms with Crippen molar-refractivity contribution in [2.24, 2.45) is 17.8 Å². The fourth-order valence-electron chi connectivity index (χ4n) is 7.58. The number of carbonyl (C=O) groups excluding carboxylic acids is 2. The molecule has 0 radical (unpaired) electrons. The fraction of sp³-hybridized carbons (Fsp3) is 0.576. The predicted octanol–water partition coefficient (Wildman–Crippen LogP) is 3.26. The van der Waals surface area contributed by atoms with E-state index in [1.165, 1.54) is 0 Å². The number of aromatic nitrogens is 1. The first-order valence-corrected chi connectivity index (χ1v) is 18.0. The minimum absolute atomic E-state index is 0.00891. The largest absolute Gasteiger partial charge is 0.481 e. The first kappa shape index (κ1) is 32.8. The molecule has 1 aromatic heterocycles. The Morgan fingerprint density at radius 2 is 1.70 bits per heavy atom. The van der Waals surface area contributed by atoms with Gasteiger partial charge in [0.2, 0.25) is 11.8 Å². The van der Waals surface area contributed by atoms with Gasteiger partial charge in [-0.1, -0.05) is 13.8 Å². The highest BCUT2D eigenvalue weighted by molar-refractivity contribution is 8.11. The molecule has 248 valence electrons. The number of carboxylic acid groups (broad SMARTS) is 2. The van der Waals surface area contributed by atoms with E-state index in [1.54, 1.807) is 23.5 Å². The molecule has 0 spiro atoms. The Bertz CT molecular complexity index is 1570. The minimum Gasteiger partial charge on any atom is -0.481 e. The van der Waals surface area contributed by atoms with Crippen LogP contribution in [0.4, 0.5) is 0 Å². The molecule has 46 heavy (non-hydrogen) atoms. The van der Waals surface area contributed by atoms with Gasteiger partial charge in [0, 0.05) is 87.0 Å². The summed E-state index contributed by atoms with van der Waals surface area (Å²) in [5.74, 6) is -0.233. The Hall–Kier alpha value is -3.16. The molecule has 5 aliphatic rings.